The molecule has 0 aliphatic heterocycles. The van der Waals surface area contributed by atoms with E-state index < -0.39 is 0 Å². The van der Waals surface area contributed by atoms with Gasteiger partial charge in [-0.05, 0) is 59.7 Å². The van der Waals surface area contributed by atoms with Crippen molar-refractivity contribution in [2.24, 2.45) is 0 Å². The van der Waals surface area contributed by atoms with Crippen LogP contribution in [0, 0.1) is 6.92 Å². The zero-order valence-electron chi connectivity index (χ0n) is 21.2. The van der Waals surface area contributed by atoms with Gasteiger partial charge in [-0.25, -0.2) is 0 Å². The molecule has 0 fully saturated rings. The van der Waals surface area contributed by atoms with Gasteiger partial charge in [0.25, 0.3) is 5.91 Å². The van der Waals surface area contributed by atoms with Gasteiger partial charge in [-0.3, -0.25) is 9.59 Å². The summed E-state index contributed by atoms with van der Waals surface area (Å²) in [5, 5.41) is 3.55. The molecular weight excluding hydrogens is 474 g/mol. The molecule has 5 nitrogen and oxygen atoms in total. The van der Waals surface area contributed by atoms with Gasteiger partial charge in [-0.1, -0.05) is 75.7 Å². The maximum absolute atomic E-state index is 13.5. The first kappa shape index (κ1) is 25.5. The number of halogens is 1. The van der Waals surface area contributed by atoms with Gasteiger partial charge in [0.2, 0.25) is 11.2 Å². The minimum atomic E-state index is -0.381. The van der Waals surface area contributed by atoms with Crippen molar-refractivity contribution in [2.75, 3.05) is 11.9 Å². The smallest absolute Gasteiger partial charge is 0.262 e. The average Bonchev–Trinajstić information content (AvgIpc) is 2.84. The lowest BCUT2D eigenvalue weighted by Gasteiger charge is -2.19. The van der Waals surface area contributed by atoms with E-state index in [-0.39, 0.29) is 34.9 Å². The third kappa shape index (κ3) is 5.47. The van der Waals surface area contributed by atoms with Gasteiger partial charge >= 0.3 is 0 Å². The number of ether oxygens (including phenoxy) is 1. The summed E-state index contributed by atoms with van der Waals surface area (Å²) in [5.41, 5.74) is 4.46. The van der Waals surface area contributed by atoms with Crippen molar-refractivity contribution in [3.63, 3.8) is 0 Å². The predicted molar refractivity (Wildman–Crippen MR) is 146 cm³/mol. The number of hydrogen-bond acceptors (Lipinski definition) is 4. The van der Waals surface area contributed by atoms with Crippen LogP contribution in [0.25, 0.3) is 22.3 Å². The van der Waals surface area contributed by atoms with Crippen molar-refractivity contribution in [3.05, 3.63) is 92.6 Å². The summed E-state index contributed by atoms with van der Waals surface area (Å²) in [5.74, 6) is -0.132. The molecule has 0 saturated heterocycles. The Hall–Kier alpha value is -3.57. The molecular formula is C30H30ClNO4. The van der Waals surface area contributed by atoms with Crippen LogP contribution in [0.5, 0.6) is 5.75 Å². The summed E-state index contributed by atoms with van der Waals surface area (Å²) < 4.78 is 12.0. The molecule has 1 heterocycles. The highest BCUT2D eigenvalue weighted by Crippen LogP contribution is 2.34. The van der Waals surface area contributed by atoms with E-state index in [1.54, 1.807) is 12.1 Å². The number of amides is 1. The van der Waals surface area contributed by atoms with E-state index in [9.17, 15) is 9.59 Å². The van der Waals surface area contributed by atoms with E-state index in [1.807, 2.05) is 55.5 Å². The van der Waals surface area contributed by atoms with Crippen molar-refractivity contribution in [1.82, 2.24) is 0 Å². The summed E-state index contributed by atoms with van der Waals surface area (Å²) in [6, 6.07) is 18.7. The number of anilines is 1. The van der Waals surface area contributed by atoms with Gasteiger partial charge in [-0.2, -0.15) is 0 Å². The highest BCUT2D eigenvalue weighted by Gasteiger charge is 2.21. The molecule has 4 rings (SSSR count). The fourth-order valence-electron chi connectivity index (χ4n) is 3.90. The summed E-state index contributed by atoms with van der Waals surface area (Å²) >= 11 is 6.28. The number of hydrogen-bond donors (Lipinski definition) is 1. The van der Waals surface area contributed by atoms with Crippen molar-refractivity contribution >= 4 is 34.2 Å². The van der Waals surface area contributed by atoms with Gasteiger partial charge in [0, 0.05) is 16.3 Å². The summed E-state index contributed by atoms with van der Waals surface area (Å²) in [6.07, 6.45) is 0.915. The molecule has 0 bridgehead atoms. The normalized spacial score (nSPS) is 11.5. The lowest BCUT2D eigenvalue weighted by molar-refractivity contribution is -0.118. The number of aryl methyl sites for hydroxylation is 2. The highest BCUT2D eigenvalue weighted by molar-refractivity contribution is 6.32. The molecule has 0 spiro atoms. The molecule has 3 aromatic carbocycles. The molecule has 0 radical (unpaired) electrons. The van der Waals surface area contributed by atoms with Crippen LogP contribution < -0.4 is 15.5 Å². The third-order valence-corrected chi connectivity index (χ3v) is 6.54. The van der Waals surface area contributed by atoms with Crippen LogP contribution in [-0.2, 0) is 16.6 Å². The van der Waals surface area contributed by atoms with Crippen LogP contribution in [0.2, 0.25) is 5.02 Å². The molecule has 0 aliphatic rings. The molecule has 0 aliphatic carbocycles. The minimum absolute atomic E-state index is 0.0244. The number of carbonyl (C=O) groups excluding carboxylic acids is 1. The van der Waals surface area contributed by atoms with E-state index in [1.165, 1.54) is 5.56 Å². The second-order valence-corrected chi connectivity index (χ2v) is 10.3. The number of carbonyl (C=O) groups is 1. The number of nitrogens with one attached hydrogen (secondary N) is 1. The predicted octanol–water partition coefficient (Wildman–Crippen LogP) is 7.30. The first-order chi connectivity index (χ1) is 17.1. The third-order valence-electron chi connectivity index (χ3n) is 6.14. The Labute approximate surface area is 216 Å². The lowest BCUT2D eigenvalue weighted by atomic mass is 9.86. The Morgan fingerprint density at radius 1 is 1.03 bits per heavy atom. The van der Waals surface area contributed by atoms with Gasteiger partial charge in [0.05, 0.1) is 5.39 Å². The second-order valence-electron chi connectivity index (χ2n) is 9.90. The van der Waals surface area contributed by atoms with Crippen molar-refractivity contribution in [3.8, 4) is 17.1 Å². The molecule has 186 valence electrons. The first-order valence-electron chi connectivity index (χ1n) is 12.0. The monoisotopic (exact) mass is 503 g/mol. The Morgan fingerprint density at radius 3 is 2.31 bits per heavy atom. The van der Waals surface area contributed by atoms with Gasteiger partial charge in [0.1, 0.15) is 5.58 Å². The standard InChI is InChI=1S/C30H30ClNO4/c1-6-19-7-13-22(14-8-19)32-26(33)17-35-29-27(34)23-16-24(31)18(2)15-25(23)36-28(29)20-9-11-21(12-10-20)30(3,4)5/h7-16H,6,17H2,1-5H3,(H,32,33). The molecule has 6 heteroatoms. The van der Waals surface area contributed by atoms with Crippen LogP contribution in [-0.4, -0.2) is 12.5 Å². The minimum Gasteiger partial charge on any atom is -0.476 e. The second kappa shape index (κ2) is 10.2. The molecule has 36 heavy (non-hydrogen) atoms. The van der Waals surface area contributed by atoms with Crippen molar-refractivity contribution in [2.45, 2.75) is 46.5 Å². The van der Waals surface area contributed by atoms with Crippen LogP contribution in [0.1, 0.15) is 44.4 Å². The zero-order chi connectivity index (χ0) is 26.0. The topological polar surface area (TPSA) is 68.5 Å². The number of fused-ring (bicyclic) bond motifs is 1. The van der Waals surface area contributed by atoms with Crippen LogP contribution >= 0.6 is 11.6 Å². The quantitative estimate of drug-likeness (QED) is 0.299. The summed E-state index contributed by atoms with van der Waals surface area (Å²) in [4.78, 5) is 26.1. The van der Waals surface area contributed by atoms with Crippen LogP contribution in [0.3, 0.4) is 0 Å². The molecule has 4 aromatic rings. The van der Waals surface area contributed by atoms with Gasteiger partial charge in [-0.15, -0.1) is 0 Å². The SMILES string of the molecule is CCc1ccc(NC(=O)COc2c(-c3ccc(C(C)(C)C)cc3)oc3cc(C)c(Cl)cc3c2=O)cc1. The van der Waals surface area contributed by atoms with E-state index in [0.29, 0.717) is 27.2 Å². The Kier molecular flexibility index (Phi) is 7.23. The largest absolute Gasteiger partial charge is 0.476 e. The number of benzene rings is 3. The van der Waals surface area contributed by atoms with Crippen molar-refractivity contribution in [1.29, 1.82) is 0 Å². The van der Waals surface area contributed by atoms with Crippen LogP contribution in [0.15, 0.2) is 69.9 Å². The van der Waals surface area contributed by atoms with E-state index in [0.717, 1.165) is 17.5 Å². The van der Waals surface area contributed by atoms with Crippen LogP contribution in [0.4, 0.5) is 5.69 Å². The van der Waals surface area contributed by atoms with E-state index >= 15 is 0 Å². The lowest BCUT2D eigenvalue weighted by Crippen LogP contribution is -2.22. The number of rotatable bonds is 6. The maximum atomic E-state index is 13.5. The highest BCUT2D eigenvalue weighted by atomic mass is 35.5. The average molecular weight is 504 g/mol. The maximum Gasteiger partial charge on any atom is 0.262 e. The fraction of sp³-hybridized carbons (Fsp3) is 0.267. The van der Waals surface area contributed by atoms with E-state index in [2.05, 4.69) is 33.0 Å². The van der Waals surface area contributed by atoms with Crippen molar-refractivity contribution < 1.29 is 13.9 Å². The molecule has 1 N–H and O–H groups in total. The Morgan fingerprint density at radius 2 is 1.69 bits per heavy atom. The Balaban J connectivity index is 1.70. The fourth-order valence-corrected chi connectivity index (χ4v) is 4.06. The zero-order valence-corrected chi connectivity index (χ0v) is 22.0. The van der Waals surface area contributed by atoms with E-state index in [4.69, 9.17) is 20.8 Å². The molecule has 0 atom stereocenters. The summed E-state index contributed by atoms with van der Waals surface area (Å²) in [6.45, 7) is 9.97. The van der Waals surface area contributed by atoms with Gasteiger partial charge in [0.15, 0.2) is 12.4 Å². The molecule has 0 unspecified atom stereocenters. The summed E-state index contributed by atoms with van der Waals surface area (Å²) in [7, 11) is 0. The first-order valence-corrected chi connectivity index (χ1v) is 12.3. The van der Waals surface area contributed by atoms with Gasteiger partial charge < -0.3 is 14.5 Å². The molecule has 1 amide bonds. The Bertz CT molecular complexity index is 1460. The molecule has 0 saturated carbocycles. The molecule has 1 aromatic heterocycles.